The fourth-order valence-electron chi connectivity index (χ4n) is 2.04. The normalized spacial score (nSPS) is 31.6. The molecule has 0 spiro atoms. The van der Waals surface area contributed by atoms with Gasteiger partial charge < -0.3 is 0 Å². The van der Waals surface area contributed by atoms with Crippen molar-refractivity contribution in [1.29, 1.82) is 5.26 Å². The maximum atomic E-state index is 12.2. The lowest BCUT2D eigenvalue weighted by atomic mass is 9.73. The second-order valence-electron chi connectivity index (χ2n) is 4.15. The molecule has 18 heavy (non-hydrogen) atoms. The number of nitriles is 1. The maximum Gasteiger partial charge on any atom is 0.281 e. The van der Waals surface area contributed by atoms with Gasteiger partial charge in [0.05, 0.1) is 6.07 Å². The van der Waals surface area contributed by atoms with Gasteiger partial charge in [0.1, 0.15) is 5.41 Å². The summed E-state index contributed by atoms with van der Waals surface area (Å²) >= 11 is 11.7. The zero-order valence-electron chi connectivity index (χ0n) is 9.35. The van der Waals surface area contributed by atoms with Gasteiger partial charge in [-0.15, -0.1) is 0 Å². The number of rotatable bonds is 1. The summed E-state index contributed by atoms with van der Waals surface area (Å²) in [6.45, 7) is 1.45. The second-order valence-corrected chi connectivity index (χ2v) is 5.06. The molecule has 1 fully saturated rings. The van der Waals surface area contributed by atoms with Gasteiger partial charge in [0.15, 0.2) is 0 Å². The molecule has 0 aliphatic carbocycles. The van der Waals surface area contributed by atoms with E-state index in [1.165, 1.54) is 6.92 Å². The van der Waals surface area contributed by atoms with Crippen LogP contribution in [0.5, 0.6) is 0 Å². The number of carbonyl (C=O) groups is 2. The fourth-order valence-corrected chi connectivity index (χ4v) is 2.65. The van der Waals surface area contributed by atoms with Gasteiger partial charge in [0.2, 0.25) is 4.87 Å². The van der Waals surface area contributed by atoms with Crippen molar-refractivity contribution in [3.8, 4) is 6.07 Å². The second kappa shape index (κ2) is 3.98. The van der Waals surface area contributed by atoms with E-state index < -0.39 is 22.1 Å². The smallest absolute Gasteiger partial charge is 0.272 e. The van der Waals surface area contributed by atoms with Crippen molar-refractivity contribution in [1.82, 2.24) is 4.42 Å². The summed E-state index contributed by atoms with van der Waals surface area (Å²) in [4.78, 5) is 22.0. The van der Waals surface area contributed by atoms with E-state index in [4.69, 9.17) is 23.4 Å². The Bertz CT molecular complexity index is 569. The van der Waals surface area contributed by atoms with E-state index in [0.29, 0.717) is 9.98 Å². The number of hydrogen-bond donors (Lipinski definition) is 0. The third kappa shape index (κ3) is 1.32. The Balaban J connectivity index is 2.72. The van der Waals surface area contributed by atoms with Crippen molar-refractivity contribution in [3.05, 3.63) is 35.9 Å². The Morgan fingerprint density at radius 2 is 1.78 bits per heavy atom. The van der Waals surface area contributed by atoms with Crippen molar-refractivity contribution in [2.45, 2.75) is 17.2 Å². The Kier molecular flexibility index (Phi) is 2.84. The molecule has 0 N–H and O–H groups in total. The van der Waals surface area contributed by atoms with E-state index in [1.807, 2.05) is 0 Å². The molecule has 1 aromatic carbocycles. The van der Waals surface area contributed by atoms with E-state index in [9.17, 15) is 14.9 Å². The minimum Gasteiger partial charge on any atom is -0.272 e. The van der Waals surface area contributed by atoms with Crippen molar-refractivity contribution >= 4 is 35.2 Å². The predicted octanol–water partition coefficient (Wildman–Crippen LogP) is 1.97. The molecule has 0 bridgehead atoms. The molecule has 2 rings (SSSR count). The summed E-state index contributed by atoms with van der Waals surface area (Å²) in [6.07, 6.45) is 0. The molecule has 6 heteroatoms. The average molecular weight is 283 g/mol. The van der Waals surface area contributed by atoms with Crippen LogP contribution < -0.4 is 0 Å². The molecular weight excluding hydrogens is 275 g/mol. The molecule has 0 radical (unpaired) electrons. The zero-order valence-corrected chi connectivity index (χ0v) is 10.9. The summed E-state index contributed by atoms with van der Waals surface area (Å²) in [5.41, 5.74) is -1.02. The number of amides is 2. The van der Waals surface area contributed by atoms with Gasteiger partial charge in [-0.2, -0.15) is 9.68 Å². The molecule has 2 amide bonds. The molecule has 92 valence electrons. The first-order valence-electron chi connectivity index (χ1n) is 5.10. The largest absolute Gasteiger partial charge is 0.281 e. The van der Waals surface area contributed by atoms with Crippen molar-refractivity contribution < 1.29 is 9.59 Å². The maximum absolute atomic E-state index is 12.2. The van der Waals surface area contributed by atoms with Crippen LogP contribution in [0.4, 0.5) is 0 Å². The summed E-state index contributed by atoms with van der Waals surface area (Å²) in [5.74, 6) is -1.61. The minimum absolute atomic E-state index is 0.392. The topological polar surface area (TPSA) is 61.2 Å². The molecular formula is C12H8Cl2N2O2. The van der Waals surface area contributed by atoms with Gasteiger partial charge in [0.25, 0.3) is 11.8 Å². The molecule has 1 aliphatic rings. The van der Waals surface area contributed by atoms with Crippen LogP contribution >= 0.6 is 23.4 Å². The molecule has 0 aromatic heterocycles. The summed E-state index contributed by atoms with van der Waals surface area (Å²) in [5, 5.41) is 9.19. The quantitative estimate of drug-likeness (QED) is 0.449. The monoisotopic (exact) mass is 282 g/mol. The van der Waals surface area contributed by atoms with E-state index in [-0.39, 0.29) is 0 Å². The first-order valence-corrected chi connectivity index (χ1v) is 5.81. The highest BCUT2D eigenvalue weighted by atomic mass is 35.5. The number of halogens is 2. The van der Waals surface area contributed by atoms with Crippen LogP contribution in [0.3, 0.4) is 0 Å². The van der Waals surface area contributed by atoms with Crippen molar-refractivity contribution in [3.63, 3.8) is 0 Å². The van der Waals surface area contributed by atoms with Gasteiger partial charge in [-0.3, -0.25) is 9.59 Å². The summed E-state index contributed by atoms with van der Waals surface area (Å²) in [7, 11) is 0. The molecule has 1 saturated heterocycles. The Morgan fingerprint density at radius 1 is 1.22 bits per heavy atom. The van der Waals surface area contributed by atoms with E-state index in [2.05, 4.69) is 0 Å². The number of imide groups is 1. The Hall–Kier alpha value is -1.57. The Morgan fingerprint density at radius 3 is 2.28 bits per heavy atom. The van der Waals surface area contributed by atoms with Crippen LogP contribution in [0, 0.1) is 11.3 Å². The molecule has 2 unspecified atom stereocenters. The average Bonchev–Trinajstić information content (AvgIpc) is 2.55. The Labute approximate surface area is 114 Å². The molecule has 1 aliphatic heterocycles. The van der Waals surface area contributed by atoms with Crippen LogP contribution in [-0.2, 0) is 15.0 Å². The number of nitrogens with zero attached hydrogens (tertiary/aromatic N) is 2. The molecule has 0 saturated carbocycles. The highest BCUT2D eigenvalue weighted by Crippen LogP contribution is 2.48. The van der Waals surface area contributed by atoms with Crippen LogP contribution in [0.1, 0.15) is 12.5 Å². The fraction of sp³-hybridized carbons (Fsp3) is 0.250. The first kappa shape index (κ1) is 12.9. The summed E-state index contributed by atoms with van der Waals surface area (Å²) in [6, 6.07) is 10.1. The van der Waals surface area contributed by atoms with Crippen molar-refractivity contribution in [2.24, 2.45) is 0 Å². The standard InChI is InChI=1S/C12H8Cl2N2O2/c1-11(8-5-3-2-4-6-8)9(17)16(14)10(18)12(11,13)7-15/h2-6H,1H3. The van der Waals surface area contributed by atoms with Crippen LogP contribution in [0.25, 0.3) is 0 Å². The van der Waals surface area contributed by atoms with Gasteiger partial charge in [-0.1, -0.05) is 41.9 Å². The highest BCUT2D eigenvalue weighted by Gasteiger charge is 2.68. The van der Waals surface area contributed by atoms with E-state index in [0.717, 1.165) is 0 Å². The van der Waals surface area contributed by atoms with Gasteiger partial charge in [-0.05, 0) is 12.5 Å². The van der Waals surface area contributed by atoms with Crippen LogP contribution in [-0.4, -0.2) is 21.1 Å². The molecule has 1 aromatic rings. The zero-order chi connectivity index (χ0) is 13.6. The predicted molar refractivity (Wildman–Crippen MR) is 65.7 cm³/mol. The van der Waals surface area contributed by atoms with Crippen LogP contribution in [0.2, 0.25) is 0 Å². The SMILES string of the molecule is CC1(c2ccccc2)C(=O)N(Cl)C(=O)C1(Cl)C#N. The van der Waals surface area contributed by atoms with Crippen molar-refractivity contribution in [2.75, 3.05) is 0 Å². The summed E-state index contributed by atoms with van der Waals surface area (Å²) < 4.78 is 0.392. The van der Waals surface area contributed by atoms with E-state index in [1.54, 1.807) is 36.4 Å². The lowest BCUT2D eigenvalue weighted by Crippen LogP contribution is -2.47. The van der Waals surface area contributed by atoms with Gasteiger partial charge >= 0.3 is 0 Å². The van der Waals surface area contributed by atoms with Gasteiger partial charge in [0, 0.05) is 11.8 Å². The third-order valence-electron chi connectivity index (χ3n) is 3.27. The lowest BCUT2D eigenvalue weighted by Gasteiger charge is -2.28. The minimum atomic E-state index is -2.02. The number of carbonyl (C=O) groups excluding carboxylic acids is 2. The lowest BCUT2D eigenvalue weighted by molar-refractivity contribution is -0.133. The molecule has 1 heterocycles. The van der Waals surface area contributed by atoms with Gasteiger partial charge in [-0.25, -0.2) is 0 Å². The molecule has 4 nitrogen and oxygen atoms in total. The third-order valence-corrected chi connectivity index (χ3v) is 4.20. The first-order chi connectivity index (χ1) is 8.39. The van der Waals surface area contributed by atoms with Crippen LogP contribution in [0.15, 0.2) is 30.3 Å². The number of hydrogen-bond acceptors (Lipinski definition) is 3. The van der Waals surface area contributed by atoms with E-state index >= 15 is 0 Å². The highest BCUT2D eigenvalue weighted by molar-refractivity contribution is 6.49. The number of benzene rings is 1. The molecule has 2 atom stereocenters. The number of alkyl halides is 1.